The lowest BCUT2D eigenvalue weighted by atomic mass is 10.4. The lowest BCUT2D eigenvalue weighted by molar-refractivity contribution is 0.303. The molecule has 1 aromatic rings. The molecule has 1 aromatic heterocycles. The van der Waals surface area contributed by atoms with Crippen molar-refractivity contribution in [2.45, 2.75) is 27.2 Å². The maximum absolute atomic E-state index is 4.44. The molecule has 0 atom stereocenters. The number of thiazole rings is 1. The van der Waals surface area contributed by atoms with Gasteiger partial charge in [-0.15, -0.1) is 11.3 Å². The van der Waals surface area contributed by atoms with Gasteiger partial charge < -0.3 is 10.2 Å². The van der Waals surface area contributed by atoms with Crippen molar-refractivity contribution in [1.82, 2.24) is 15.2 Å². The van der Waals surface area contributed by atoms with Gasteiger partial charge in [0.1, 0.15) is 0 Å². The normalized spacial score (nSPS) is 11.2. The molecule has 0 saturated carbocycles. The third kappa shape index (κ3) is 5.05. The molecular formula is C12H23N3S. The van der Waals surface area contributed by atoms with E-state index in [2.05, 4.69) is 34.4 Å². The fourth-order valence-corrected chi connectivity index (χ4v) is 2.39. The van der Waals surface area contributed by atoms with Crippen molar-refractivity contribution in [1.29, 1.82) is 0 Å². The summed E-state index contributed by atoms with van der Waals surface area (Å²) in [6.45, 7) is 12.0. The highest BCUT2D eigenvalue weighted by molar-refractivity contribution is 7.09. The first-order valence-electron chi connectivity index (χ1n) is 6.10. The van der Waals surface area contributed by atoms with E-state index in [-0.39, 0.29) is 0 Å². The number of aryl methyl sites for hydroxylation is 1. The zero-order chi connectivity index (χ0) is 11.8. The molecule has 0 fully saturated rings. The highest BCUT2D eigenvalue weighted by atomic mass is 32.1. The summed E-state index contributed by atoms with van der Waals surface area (Å²) >= 11 is 1.76. The standard InChI is InChI=1S/C12H23N3S/c1-4-15(5-2)9-8-13-7-6-12-14-11(3)10-16-12/h10,13H,4-9H2,1-3H3. The zero-order valence-corrected chi connectivity index (χ0v) is 11.4. The number of nitrogens with one attached hydrogen (secondary N) is 1. The Balaban J connectivity index is 2.04. The number of rotatable bonds is 8. The molecule has 0 bridgehead atoms. The summed E-state index contributed by atoms with van der Waals surface area (Å²) in [5, 5.41) is 6.83. The summed E-state index contributed by atoms with van der Waals surface area (Å²) in [5.74, 6) is 0. The second kappa shape index (κ2) is 7.76. The van der Waals surface area contributed by atoms with Crippen LogP contribution in [-0.4, -0.2) is 42.6 Å². The van der Waals surface area contributed by atoms with Crippen LogP contribution in [0.4, 0.5) is 0 Å². The molecule has 0 spiro atoms. The van der Waals surface area contributed by atoms with E-state index < -0.39 is 0 Å². The summed E-state index contributed by atoms with van der Waals surface area (Å²) in [7, 11) is 0. The first-order chi connectivity index (χ1) is 7.76. The maximum Gasteiger partial charge on any atom is 0.0940 e. The van der Waals surface area contributed by atoms with Crippen LogP contribution >= 0.6 is 11.3 Å². The molecule has 0 unspecified atom stereocenters. The highest BCUT2D eigenvalue weighted by Crippen LogP contribution is 2.08. The van der Waals surface area contributed by atoms with E-state index >= 15 is 0 Å². The van der Waals surface area contributed by atoms with Gasteiger partial charge in [0.15, 0.2) is 0 Å². The van der Waals surface area contributed by atoms with Crippen LogP contribution in [0.15, 0.2) is 5.38 Å². The maximum atomic E-state index is 4.44. The number of likely N-dealkylation sites (N-methyl/N-ethyl adjacent to an activating group) is 1. The van der Waals surface area contributed by atoms with Gasteiger partial charge in [-0.3, -0.25) is 0 Å². The average molecular weight is 241 g/mol. The van der Waals surface area contributed by atoms with Crippen LogP contribution in [-0.2, 0) is 6.42 Å². The first-order valence-corrected chi connectivity index (χ1v) is 6.98. The Morgan fingerprint density at radius 2 is 2.06 bits per heavy atom. The van der Waals surface area contributed by atoms with Crippen molar-refractivity contribution < 1.29 is 0 Å². The second-order valence-electron chi connectivity index (χ2n) is 3.91. The summed E-state index contributed by atoms with van der Waals surface area (Å²) in [6.07, 6.45) is 1.05. The van der Waals surface area contributed by atoms with Crippen LogP contribution in [0.1, 0.15) is 24.5 Å². The third-order valence-corrected chi connectivity index (χ3v) is 3.71. The van der Waals surface area contributed by atoms with E-state index in [1.807, 2.05) is 6.92 Å². The Kier molecular flexibility index (Phi) is 6.61. The number of hydrogen-bond acceptors (Lipinski definition) is 4. The second-order valence-corrected chi connectivity index (χ2v) is 4.85. The fourth-order valence-electron chi connectivity index (χ4n) is 1.61. The smallest absolute Gasteiger partial charge is 0.0940 e. The van der Waals surface area contributed by atoms with Crippen LogP contribution in [0.3, 0.4) is 0 Å². The van der Waals surface area contributed by atoms with Crippen LogP contribution in [0, 0.1) is 6.92 Å². The van der Waals surface area contributed by atoms with Gasteiger partial charge in [0.2, 0.25) is 0 Å². The lowest BCUT2D eigenvalue weighted by Crippen LogP contribution is -2.32. The summed E-state index contributed by atoms with van der Waals surface area (Å²) in [5.41, 5.74) is 1.14. The Morgan fingerprint density at radius 1 is 1.31 bits per heavy atom. The van der Waals surface area contributed by atoms with Crippen LogP contribution in [0.2, 0.25) is 0 Å². The topological polar surface area (TPSA) is 28.2 Å². The van der Waals surface area contributed by atoms with Crippen molar-refractivity contribution in [3.63, 3.8) is 0 Å². The molecule has 1 heterocycles. The van der Waals surface area contributed by atoms with Gasteiger partial charge in [-0.25, -0.2) is 4.98 Å². The Morgan fingerprint density at radius 3 is 2.62 bits per heavy atom. The molecule has 0 aliphatic carbocycles. The van der Waals surface area contributed by atoms with E-state index in [0.29, 0.717) is 0 Å². The molecule has 0 radical (unpaired) electrons. The minimum atomic E-state index is 1.04. The first kappa shape index (κ1) is 13.6. The Labute approximate surface area is 103 Å². The molecule has 16 heavy (non-hydrogen) atoms. The monoisotopic (exact) mass is 241 g/mol. The molecule has 0 aliphatic heterocycles. The van der Waals surface area contributed by atoms with Crippen LogP contribution in [0.5, 0.6) is 0 Å². The SMILES string of the molecule is CCN(CC)CCNCCc1nc(C)cs1. The number of hydrogen-bond donors (Lipinski definition) is 1. The van der Waals surface area contributed by atoms with E-state index in [0.717, 1.165) is 44.8 Å². The molecule has 3 nitrogen and oxygen atoms in total. The van der Waals surface area contributed by atoms with E-state index in [1.165, 1.54) is 5.01 Å². The van der Waals surface area contributed by atoms with Gasteiger partial charge in [-0.2, -0.15) is 0 Å². The fraction of sp³-hybridized carbons (Fsp3) is 0.750. The Hall–Kier alpha value is -0.450. The summed E-state index contributed by atoms with van der Waals surface area (Å²) in [4.78, 5) is 6.87. The average Bonchev–Trinajstić information content (AvgIpc) is 2.70. The van der Waals surface area contributed by atoms with Gasteiger partial charge in [0.05, 0.1) is 5.01 Å². The lowest BCUT2D eigenvalue weighted by Gasteiger charge is -2.17. The highest BCUT2D eigenvalue weighted by Gasteiger charge is 1.99. The predicted molar refractivity (Wildman–Crippen MR) is 71.2 cm³/mol. The van der Waals surface area contributed by atoms with Gasteiger partial charge >= 0.3 is 0 Å². The van der Waals surface area contributed by atoms with Crippen molar-refractivity contribution in [3.05, 3.63) is 16.1 Å². The van der Waals surface area contributed by atoms with Crippen molar-refractivity contribution in [2.75, 3.05) is 32.7 Å². The molecule has 0 saturated heterocycles. The van der Waals surface area contributed by atoms with Crippen molar-refractivity contribution in [3.8, 4) is 0 Å². The van der Waals surface area contributed by atoms with Crippen LogP contribution < -0.4 is 5.32 Å². The molecule has 92 valence electrons. The van der Waals surface area contributed by atoms with Gasteiger partial charge in [-0.05, 0) is 20.0 Å². The van der Waals surface area contributed by atoms with Crippen molar-refractivity contribution >= 4 is 11.3 Å². The van der Waals surface area contributed by atoms with Crippen molar-refractivity contribution in [2.24, 2.45) is 0 Å². The molecule has 0 aromatic carbocycles. The molecule has 0 aliphatic rings. The molecule has 0 amide bonds. The molecule has 1 N–H and O–H groups in total. The van der Waals surface area contributed by atoms with Crippen LogP contribution in [0.25, 0.3) is 0 Å². The third-order valence-electron chi connectivity index (χ3n) is 2.68. The summed E-state index contributed by atoms with van der Waals surface area (Å²) in [6, 6.07) is 0. The minimum absolute atomic E-state index is 1.04. The zero-order valence-electron chi connectivity index (χ0n) is 10.6. The molecule has 4 heteroatoms. The number of nitrogens with zero attached hydrogens (tertiary/aromatic N) is 2. The van der Waals surface area contributed by atoms with E-state index in [9.17, 15) is 0 Å². The van der Waals surface area contributed by atoms with Gasteiger partial charge in [0.25, 0.3) is 0 Å². The summed E-state index contributed by atoms with van der Waals surface area (Å²) < 4.78 is 0. The number of aromatic nitrogens is 1. The Bertz CT molecular complexity index is 282. The quantitative estimate of drug-likeness (QED) is 0.705. The molecule has 1 rings (SSSR count). The van der Waals surface area contributed by atoms with Gasteiger partial charge in [-0.1, -0.05) is 13.8 Å². The van der Waals surface area contributed by atoms with Gasteiger partial charge in [0, 0.05) is 37.1 Å². The minimum Gasteiger partial charge on any atom is -0.315 e. The largest absolute Gasteiger partial charge is 0.315 e. The predicted octanol–water partition coefficient (Wildman–Crippen LogP) is 1.93. The molecular weight excluding hydrogens is 218 g/mol. The van der Waals surface area contributed by atoms with E-state index in [1.54, 1.807) is 11.3 Å². The van der Waals surface area contributed by atoms with E-state index in [4.69, 9.17) is 0 Å².